The monoisotopic (exact) mass is 182 g/mol. The maximum absolute atomic E-state index is 3.48. The molecular weight excluding hydrogens is 160 g/mol. The normalized spacial score (nSPS) is 21.4. The first-order valence-corrected chi connectivity index (χ1v) is 5.40. The van der Waals surface area contributed by atoms with E-state index in [4.69, 9.17) is 0 Å². The molecule has 1 rings (SSSR count). The lowest BCUT2D eigenvalue weighted by atomic mass is 10.3. The van der Waals surface area contributed by atoms with Crippen molar-refractivity contribution in [3.8, 4) is 0 Å². The van der Waals surface area contributed by atoms with Gasteiger partial charge in [-0.25, -0.2) is 0 Å². The van der Waals surface area contributed by atoms with Gasteiger partial charge in [0.05, 0.1) is 0 Å². The fourth-order valence-electron chi connectivity index (χ4n) is 1.80. The molecule has 1 aliphatic rings. The highest BCUT2D eigenvalue weighted by atomic mass is 15.2. The van der Waals surface area contributed by atoms with E-state index in [1.165, 1.54) is 32.5 Å². The summed E-state index contributed by atoms with van der Waals surface area (Å²) in [6.45, 7) is 9.14. The molecule has 0 amide bonds. The van der Waals surface area contributed by atoms with E-state index in [1.54, 1.807) is 0 Å². The third-order valence-electron chi connectivity index (χ3n) is 2.55. The Morgan fingerprint density at radius 1 is 1.38 bits per heavy atom. The molecule has 0 bridgehead atoms. The molecule has 1 heterocycles. The molecular formula is C11H22N2. The van der Waals surface area contributed by atoms with Crippen molar-refractivity contribution in [2.24, 2.45) is 0 Å². The first-order valence-electron chi connectivity index (χ1n) is 5.40. The largest absolute Gasteiger partial charge is 0.310 e. The van der Waals surface area contributed by atoms with Crippen LogP contribution in [0.2, 0.25) is 0 Å². The summed E-state index contributed by atoms with van der Waals surface area (Å²) in [7, 11) is 0. The molecule has 0 aromatic carbocycles. The molecule has 0 radical (unpaired) electrons. The van der Waals surface area contributed by atoms with Gasteiger partial charge in [-0.1, -0.05) is 12.2 Å². The van der Waals surface area contributed by atoms with Crippen LogP contribution >= 0.6 is 0 Å². The molecule has 0 saturated carbocycles. The van der Waals surface area contributed by atoms with Crippen LogP contribution in [0, 0.1) is 0 Å². The first kappa shape index (κ1) is 10.7. The summed E-state index contributed by atoms with van der Waals surface area (Å²) in [4.78, 5) is 2.55. The molecule has 0 aliphatic carbocycles. The van der Waals surface area contributed by atoms with Gasteiger partial charge in [0.25, 0.3) is 0 Å². The van der Waals surface area contributed by atoms with E-state index in [0.29, 0.717) is 6.04 Å². The fourth-order valence-corrected chi connectivity index (χ4v) is 1.80. The van der Waals surface area contributed by atoms with Crippen LogP contribution in [-0.2, 0) is 0 Å². The Balaban J connectivity index is 2.05. The van der Waals surface area contributed by atoms with Gasteiger partial charge in [-0.05, 0) is 39.8 Å². The number of allylic oxidation sites excluding steroid dienone is 1. The number of rotatable bonds is 5. The van der Waals surface area contributed by atoms with Crippen molar-refractivity contribution in [2.45, 2.75) is 32.7 Å². The van der Waals surface area contributed by atoms with E-state index < -0.39 is 0 Å². The van der Waals surface area contributed by atoms with Crippen LogP contribution in [0.25, 0.3) is 0 Å². The Hall–Kier alpha value is -0.340. The summed E-state index contributed by atoms with van der Waals surface area (Å²) in [5, 5.41) is 3.48. The molecule has 2 heteroatoms. The predicted molar refractivity (Wildman–Crippen MR) is 58.0 cm³/mol. The zero-order valence-corrected chi connectivity index (χ0v) is 8.92. The van der Waals surface area contributed by atoms with Gasteiger partial charge in [-0.2, -0.15) is 0 Å². The van der Waals surface area contributed by atoms with Crippen LogP contribution in [0.15, 0.2) is 12.2 Å². The Kier molecular flexibility index (Phi) is 5.09. The summed E-state index contributed by atoms with van der Waals surface area (Å²) >= 11 is 0. The minimum Gasteiger partial charge on any atom is -0.310 e. The molecule has 1 aliphatic heterocycles. The topological polar surface area (TPSA) is 15.3 Å². The van der Waals surface area contributed by atoms with Crippen LogP contribution in [0.5, 0.6) is 0 Å². The number of hydrogen-bond acceptors (Lipinski definition) is 2. The molecule has 76 valence electrons. The van der Waals surface area contributed by atoms with E-state index >= 15 is 0 Å². The van der Waals surface area contributed by atoms with Gasteiger partial charge in [0, 0.05) is 19.1 Å². The highest BCUT2D eigenvalue weighted by Crippen LogP contribution is 2.07. The van der Waals surface area contributed by atoms with Crippen LogP contribution in [-0.4, -0.2) is 37.1 Å². The number of likely N-dealkylation sites (tertiary alicyclic amines) is 1. The Labute approximate surface area is 82.0 Å². The summed E-state index contributed by atoms with van der Waals surface area (Å²) < 4.78 is 0. The molecule has 13 heavy (non-hydrogen) atoms. The highest BCUT2D eigenvalue weighted by molar-refractivity contribution is 4.81. The molecule has 1 atom stereocenters. The summed E-state index contributed by atoms with van der Waals surface area (Å²) in [6.07, 6.45) is 7.04. The van der Waals surface area contributed by atoms with Gasteiger partial charge in [0.15, 0.2) is 0 Å². The smallest absolute Gasteiger partial charge is 0.0169 e. The van der Waals surface area contributed by atoms with Gasteiger partial charge in [-0.3, -0.25) is 0 Å². The van der Waals surface area contributed by atoms with Gasteiger partial charge < -0.3 is 10.2 Å². The van der Waals surface area contributed by atoms with Gasteiger partial charge in [0.1, 0.15) is 0 Å². The molecule has 0 aromatic heterocycles. The standard InChI is InChI=1S/C11H22N2/c1-3-4-7-12-11(2)10-13-8-5-6-9-13/h3-4,11-12H,5-10H2,1-2H3/b4-3+. The van der Waals surface area contributed by atoms with Gasteiger partial charge >= 0.3 is 0 Å². The first-order chi connectivity index (χ1) is 6.33. The van der Waals surface area contributed by atoms with Crippen LogP contribution < -0.4 is 5.32 Å². The molecule has 1 fully saturated rings. The van der Waals surface area contributed by atoms with Crippen molar-refractivity contribution >= 4 is 0 Å². The van der Waals surface area contributed by atoms with E-state index in [-0.39, 0.29) is 0 Å². The van der Waals surface area contributed by atoms with E-state index in [1.807, 2.05) is 0 Å². The molecule has 1 saturated heterocycles. The SMILES string of the molecule is C/C=C/CNC(C)CN1CCCC1. The Morgan fingerprint density at radius 3 is 2.69 bits per heavy atom. The minimum atomic E-state index is 0.620. The summed E-state index contributed by atoms with van der Waals surface area (Å²) in [6, 6.07) is 0.620. The van der Waals surface area contributed by atoms with Crippen molar-refractivity contribution in [1.82, 2.24) is 10.2 Å². The predicted octanol–water partition coefficient (Wildman–Crippen LogP) is 1.64. The zero-order valence-electron chi connectivity index (χ0n) is 8.92. The lowest BCUT2D eigenvalue weighted by molar-refractivity contribution is 0.302. The third kappa shape index (κ3) is 4.44. The molecule has 0 aromatic rings. The summed E-state index contributed by atoms with van der Waals surface area (Å²) in [5.41, 5.74) is 0. The maximum atomic E-state index is 3.48. The lowest BCUT2D eigenvalue weighted by Crippen LogP contribution is -2.37. The van der Waals surface area contributed by atoms with E-state index in [2.05, 4.69) is 36.2 Å². The highest BCUT2D eigenvalue weighted by Gasteiger charge is 2.13. The average molecular weight is 182 g/mol. The Morgan fingerprint density at radius 2 is 2.08 bits per heavy atom. The number of nitrogens with one attached hydrogen (secondary N) is 1. The second-order valence-electron chi connectivity index (χ2n) is 3.89. The molecule has 2 nitrogen and oxygen atoms in total. The van der Waals surface area contributed by atoms with Gasteiger partial charge in [-0.15, -0.1) is 0 Å². The van der Waals surface area contributed by atoms with Crippen molar-refractivity contribution in [3.63, 3.8) is 0 Å². The minimum absolute atomic E-state index is 0.620. The van der Waals surface area contributed by atoms with Gasteiger partial charge in [0.2, 0.25) is 0 Å². The van der Waals surface area contributed by atoms with Crippen molar-refractivity contribution < 1.29 is 0 Å². The van der Waals surface area contributed by atoms with Crippen molar-refractivity contribution in [3.05, 3.63) is 12.2 Å². The second kappa shape index (κ2) is 6.17. The average Bonchev–Trinajstić information content (AvgIpc) is 2.57. The maximum Gasteiger partial charge on any atom is 0.0169 e. The second-order valence-corrected chi connectivity index (χ2v) is 3.89. The van der Waals surface area contributed by atoms with Crippen LogP contribution in [0.3, 0.4) is 0 Å². The Bertz CT molecular complexity index is 148. The van der Waals surface area contributed by atoms with E-state index in [9.17, 15) is 0 Å². The van der Waals surface area contributed by atoms with Crippen LogP contribution in [0.4, 0.5) is 0 Å². The number of nitrogens with zero attached hydrogens (tertiary/aromatic N) is 1. The quantitative estimate of drug-likeness (QED) is 0.650. The third-order valence-corrected chi connectivity index (χ3v) is 2.55. The zero-order chi connectivity index (χ0) is 9.52. The summed E-state index contributed by atoms with van der Waals surface area (Å²) in [5.74, 6) is 0. The van der Waals surface area contributed by atoms with E-state index in [0.717, 1.165) is 6.54 Å². The molecule has 0 spiro atoms. The van der Waals surface area contributed by atoms with Crippen molar-refractivity contribution in [2.75, 3.05) is 26.2 Å². The number of hydrogen-bond donors (Lipinski definition) is 1. The van der Waals surface area contributed by atoms with Crippen molar-refractivity contribution in [1.29, 1.82) is 0 Å². The van der Waals surface area contributed by atoms with Crippen LogP contribution in [0.1, 0.15) is 26.7 Å². The molecule has 1 unspecified atom stereocenters. The molecule has 1 N–H and O–H groups in total. The lowest BCUT2D eigenvalue weighted by Gasteiger charge is -2.20. The fraction of sp³-hybridized carbons (Fsp3) is 0.818.